The van der Waals surface area contributed by atoms with Gasteiger partial charge in [0.2, 0.25) is 5.91 Å². The fourth-order valence-corrected chi connectivity index (χ4v) is 8.36. The first-order chi connectivity index (χ1) is 17.9. The molecule has 39 heavy (non-hydrogen) atoms. The van der Waals surface area contributed by atoms with Gasteiger partial charge < -0.3 is 14.2 Å². The van der Waals surface area contributed by atoms with Crippen molar-refractivity contribution in [1.29, 1.82) is 0 Å². The smallest absolute Gasteiger partial charge is 0.399 e. The van der Waals surface area contributed by atoms with Crippen LogP contribution in [0.3, 0.4) is 0 Å². The van der Waals surface area contributed by atoms with E-state index in [0.29, 0.717) is 30.5 Å². The van der Waals surface area contributed by atoms with Crippen molar-refractivity contribution in [2.75, 3.05) is 29.4 Å². The second-order valence-electron chi connectivity index (χ2n) is 13.1. The number of thiazole rings is 1. The number of hydrogen-bond donors (Lipinski definition) is 1. The van der Waals surface area contributed by atoms with Crippen LogP contribution in [0.5, 0.6) is 0 Å². The predicted molar refractivity (Wildman–Crippen MR) is 155 cm³/mol. The number of benzene rings is 1. The van der Waals surface area contributed by atoms with Crippen LogP contribution in [0, 0.1) is 12.3 Å². The lowest BCUT2D eigenvalue weighted by molar-refractivity contribution is -0.132. The van der Waals surface area contributed by atoms with Crippen LogP contribution in [0.2, 0.25) is 0 Å². The van der Waals surface area contributed by atoms with E-state index in [1.807, 2.05) is 39.8 Å². The van der Waals surface area contributed by atoms with Gasteiger partial charge >= 0.3 is 7.12 Å². The number of carbonyl (C=O) groups excluding carboxylic acids is 1. The lowest BCUT2D eigenvalue weighted by Crippen LogP contribution is -2.66. The zero-order valence-electron chi connectivity index (χ0n) is 24.1. The molecule has 0 aliphatic carbocycles. The lowest BCUT2D eigenvalue weighted by atomic mass is 9.72. The molecular weight excluding hydrogens is 535 g/mol. The Labute approximate surface area is 236 Å². The third-order valence-corrected chi connectivity index (χ3v) is 11.7. The molecule has 5 rings (SSSR count). The number of nitrogens with one attached hydrogen (secondary N) is 1. The molecule has 9 nitrogen and oxygen atoms in total. The Hall–Kier alpha value is -1.99. The SMILES string of the molecule is Cc1nc(N2CCCC3(CN(c4ccc(B5OC(C)(C)C(C)(C)O5)cc4)C3)C2=O)sc1S(=O)(=O)NC(C)(C)C. The van der Waals surface area contributed by atoms with E-state index < -0.39 is 39.3 Å². The molecule has 12 heteroatoms. The van der Waals surface area contributed by atoms with E-state index in [2.05, 4.69) is 26.7 Å². The quantitative estimate of drug-likeness (QED) is 0.546. The monoisotopic (exact) mass is 574 g/mol. The lowest BCUT2D eigenvalue weighted by Gasteiger charge is -2.53. The van der Waals surface area contributed by atoms with Crippen LogP contribution in [-0.2, 0) is 24.1 Å². The second kappa shape index (κ2) is 9.27. The number of carbonyl (C=O) groups is 1. The van der Waals surface area contributed by atoms with E-state index in [4.69, 9.17) is 9.31 Å². The molecule has 3 aliphatic heterocycles. The molecule has 0 bridgehead atoms. The minimum atomic E-state index is -3.73. The molecule has 0 radical (unpaired) electrons. The molecule has 1 N–H and O–H groups in total. The number of amides is 1. The number of aryl methyl sites for hydroxylation is 1. The maximum Gasteiger partial charge on any atom is 0.494 e. The van der Waals surface area contributed by atoms with Gasteiger partial charge in [-0.3, -0.25) is 9.69 Å². The summed E-state index contributed by atoms with van der Waals surface area (Å²) >= 11 is 1.07. The Kier molecular flexibility index (Phi) is 6.78. The topological polar surface area (TPSA) is 101 Å². The van der Waals surface area contributed by atoms with Crippen LogP contribution in [0.4, 0.5) is 10.8 Å². The Balaban J connectivity index is 1.27. The van der Waals surface area contributed by atoms with Gasteiger partial charge in [-0.25, -0.2) is 18.1 Å². The average Bonchev–Trinajstić information content (AvgIpc) is 3.27. The third-order valence-electron chi connectivity index (χ3n) is 8.16. The number of hydrogen-bond acceptors (Lipinski definition) is 8. The minimum Gasteiger partial charge on any atom is -0.399 e. The summed E-state index contributed by atoms with van der Waals surface area (Å²) in [7, 11) is -4.14. The van der Waals surface area contributed by atoms with E-state index >= 15 is 0 Å². The number of rotatable bonds is 5. The number of aromatic nitrogens is 1. The molecule has 3 fully saturated rings. The Bertz CT molecular complexity index is 1360. The molecule has 4 heterocycles. The van der Waals surface area contributed by atoms with Crippen LogP contribution >= 0.6 is 11.3 Å². The second-order valence-corrected chi connectivity index (χ2v) is 16.0. The van der Waals surface area contributed by atoms with Crippen molar-refractivity contribution >= 4 is 50.7 Å². The summed E-state index contributed by atoms with van der Waals surface area (Å²) in [5.74, 6) is 0.0281. The fraction of sp³-hybridized carbons (Fsp3) is 0.630. The van der Waals surface area contributed by atoms with E-state index in [0.717, 1.165) is 35.3 Å². The molecule has 1 aromatic carbocycles. The van der Waals surface area contributed by atoms with E-state index in [9.17, 15) is 13.2 Å². The maximum absolute atomic E-state index is 13.7. The van der Waals surface area contributed by atoms with Gasteiger partial charge in [0.15, 0.2) is 9.34 Å². The average molecular weight is 575 g/mol. The van der Waals surface area contributed by atoms with Crippen LogP contribution in [0.25, 0.3) is 0 Å². The molecular formula is C27H39BN4O5S2. The molecule has 1 aromatic heterocycles. The largest absolute Gasteiger partial charge is 0.494 e. The predicted octanol–water partition coefficient (Wildman–Crippen LogP) is 3.46. The first kappa shape index (κ1) is 28.5. The molecule has 1 amide bonds. The Morgan fingerprint density at radius 2 is 1.64 bits per heavy atom. The first-order valence-corrected chi connectivity index (χ1v) is 15.8. The van der Waals surface area contributed by atoms with Crippen molar-refractivity contribution in [2.24, 2.45) is 5.41 Å². The van der Waals surface area contributed by atoms with Crippen molar-refractivity contribution < 1.29 is 22.5 Å². The molecule has 0 unspecified atom stereocenters. The molecule has 212 valence electrons. The molecule has 1 spiro atoms. The molecule has 2 aromatic rings. The van der Waals surface area contributed by atoms with Gasteiger partial charge in [0.25, 0.3) is 10.0 Å². The fourth-order valence-electron chi connectivity index (χ4n) is 5.42. The summed E-state index contributed by atoms with van der Waals surface area (Å²) in [4.78, 5) is 22.1. The van der Waals surface area contributed by atoms with Gasteiger partial charge in [0.1, 0.15) is 0 Å². The van der Waals surface area contributed by atoms with E-state index in [-0.39, 0.29) is 10.1 Å². The standard InChI is InChI=1S/C27H39BN4O5S2/c1-18-21(39(34,35)30-24(2,3)4)38-23(29-18)32-15-9-14-27(22(32)33)16-31(17-27)20-12-10-19(11-13-20)28-36-25(5,6)26(7,8)37-28/h10-13,30H,9,14-17H2,1-8H3. The van der Waals surface area contributed by atoms with Gasteiger partial charge in [-0.15, -0.1) is 0 Å². The van der Waals surface area contributed by atoms with Gasteiger partial charge in [-0.2, -0.15) is 0 Å². The highest BCUT2D eigenvalue weighted by Crippen LogP contribution is 2.44. The van der Waals surface area contributed by atoms with Gasteiger partial charge in [0.05, 0.1) is 22.3 Å². The Morgan fingerprint density at radius 1 is 1.05 bits per heavy atom. The van der Waals surface area contributed by atoms with Crippen LogP contribution in [0.15, 0.2) is 28.5 Å². The van der Waals surface area contributed by atoms with E-state index in [1.54, 1.807) is 32.6 Å². The highest BCUT2D eigenvalue weighted by atomic mass is 32.2. The molecule has 0 atom stereocenters. The zero-order chi connectivity index (χ0) is 28.6. The van der Waals surface area contributed by atoms with Gasteiger partial charge in [-0.1, -0.05) is 23.5 Å². The van der Waals surface area contributed by atoms with Gasteiger partial charge in [0, 0.05) is 30.9 Å². The number of sulfonamides is 1. The van der Waals surface area contributed by atoms with E-state index in [1.165, 1.54) is 0 Å². The number of nitrogens with zero attached hydrogens (tertiary/aromatic N) is 3. The molecule has 3 saturated heterocycles. The van der Waals surface area contributed by atoms with Gasteiger partial charge in [-0.05, 0) is 85.8 Å². The summed E-state index contributed by atoms with van der Waals surface area (Å²) < 4.78 is 41.1. The van der Waals surface area contributed by atoms with Crippen LogP contribution in [-0.4, -0.2) is 62.8 Å². The van der Waals surface area contributed by atoms with Crippen molar-refractivity contribution in [3.8, 4) is 0 Å². The van der Waals surface area contributed by atoms with Crippen molar-refractivity contribution in [3.63, 3.8) is 0 Å². The summed E-state index contributed by atoms with van der Waals surface area (Å²) in [6, 6.07) is 8.18. The summed E-state index contributed by atoms with van der Waals surface area (Å²) in [5, 5.41) is 0.455. The van der Waals surface area contributed by atoms with Crippen molar-refractivity contribution in [3.05, 3.63) is 30.0 Å². The molecule has 3 aliphatic rings. The summed E-state index contributed by atoms with van der Waals surface area (Å²) in [6.45, 7) is 17.0. The van der Waals surface area contributed by atoms with Crippen molar-refractivity contribution in [2.45, 2.75) is 89.2 Å². The first-order valence-electron chi connectivity index (χ1n) is 13.5. The minimum absolute atomic E-state index is 0.0281. The maximum atomic E-state index is 13.7. The highest BCUT2D eigenvalue weighted by Gasteiger charge is 2.54. The molecule has 0 saturated carbocycles. The zero-order valence-corrected chi connectivity index (χ0v) is 25.8. The van der Waals surface area contributed by atoms with Crippen molar-refractivity contribution in [1.82, 2.24) is 9.71 Å². The summed E-state index contributed by atoms with van der Waals surface area (Å²) in [5.41, 5.74) is 0.561. The third kappa shape index (κ3) is 5.14. The summed E-state index contributed by atoms with van der Waals surface area (Å²) in [6.07, 6.45) is 1.66. The van der Waals surface area contributed by atoms with Crippen LogP contribution in [0.1, 0.15) is 67.0 Å². The van der Waals surface area contributed by atoms with Crippen LogP contribution < -0.4 is 20.0 Å². The Morgan fingerprint density at radius 3 is 2.21 bits per heavy atom. The highest BCUT2D eigenvalue weighted by molar-refractivity contribution is 7.91. The number of piperidine rings is 1. The normalized spacial score (nSPS) is 22.5. The number of anilines is 2.